The molecule has 1 fully saturated rings. The van der Waals surface area contributed by atoms with Crippen LogP contribution in [0.2, 0.25) is 0 Å². The number of aliphatic hydroxyl groups excluding tert-OH is 3. The summed E-state index contributed by atoms with van der Waals surface area (Å²) in [6.07, 6.45) is -1.72. The van der Waals surface area contributed by atoms with Gasteiger partial charge in [-0.3, -0.25) is 0 Å². The first-order valence-electron chi connectivity index (χ1n) is 5.90. The summed E-state index contributed by atoms with van der Waals surface area (Å²) in [6.45, 7) is -0.312. The molecule has 0 spiro atoms. The van der Waals surface area contributed by atoms with Crippen molar-refractivity contribution in [2.75, 3.05) is 6.61 Å². The van der Waals surface area contributed by atoms with E-state index in [0.29, 0.717) is 0 Å². The maximum atomic E-state index is 9.98. The molecule has 4 atom stereocenters. The van der Waals surface area contributed by atoms with Gasteiger partial charge in [0, 0.05) is 6.20 Å². The zero-order valence-electron chi connectivity index (χ0n) is 9.68. The van der Waals surface area contributed by atoms with E-state index < -0.39 is 24.5 Å². The van der Waals surface area contributed by atoms with Crippen molar-refractivity contribution in [3.05, 3.63) is 36.5 Å². The van der Waals surface area contributed by atoms with Gasteiger partial charge in [-0.2, -0.15) is 0 Å². The lowest BCUT2D eigenvalue weighted by Crippen LogP contribution is -2.33. The fourth-order valence-corrected chi connectivity index (χ4v) is 2.44. The second-order valence-corrected chi connectivity index (χ2v) is 4.51. The minimum Gasteiger partial charge on any atom is -0.394 e. The third-order valence-corrected chi connectivity index (χ3v) is 3.42. The predicted molar refractivity (Wildman–Crippen MR) is 64.9 cm³/mol. The van der Waals surface area contributed by atoms with Crippen LogP contribution in [-0.2, 0) is 4.74 Å². The van der Waals surface area contributed by atoms with E-state index in [1.54, 1.807) is 4.57 Å². The van der Waals surface area contributed by atoms with Crippen molar-refractivity contribution in [3.63, 3.8) is 0 Å². The second-order valence-electron chi connectivity index (χ2n) is 4.51. The summed E-state index contributed by atoms with van der Waals surface area (Å²) in [5.74, 6) is 0. The van der Waals surface area contributed by atoms with Gasteiger partial charge in [-0.1, -0.05) is 18.2 Å². The number of hydrogen-bond donors (Lipinski definition) is 3. The van der Waals surface area contributed by atoms with Crippen molar-refractivity contribution < 1.29 is 20.1 Å². The van der Waals surface area contributed by atoms with Gasteiger partial charge in [0.25, 0.3) is 0 Å². The third-order valence-electron chi connectivity index (χ3n) is 3.42. The highest BCUT2D eigenvalue weighted by atomic mass is 16.6. The van der Waals surface area contributed by atoms with Gasteiger partial charge in [-0.15, -0.1) is 0 Å². The number of benzene rings is 1. The maximum absolute atomic E-state index is 9.98. The lowest BCUT2D eigenvalue weighted by molar-refractivity contribution is -0.0506. The minimum atomic E-state index is -1.07. The van der Waals surface area contributed by atoms with Gasteiger partial charge in [-0.25, -0.2) is 0 Å². The number of hydrogen-bond acceptors (Lipinski definition) is 4. The topological polar surface area (TPSA) is 74.9 Å². The lowest BCUT2D eigenvalue weighted by Gasteiger charge is -2.17. The number of fused-ring (bicyclic) bond motifs is 1. The van der Waals surface area contributed by atoms with Crippen LogP contribution in [0.15, 0.2) is 36.5 Å². The monoisotopic (exact) mass is 249 g/mol. The van der Waals surface area contributed by atoms with Crippen LogP contribution in [0, 0.1) is 0 Å². The Balaban J connectivity index is 2.00. The molecule has 0 bridgehead atoms. The Kier molecular flexibility index (Phi) is 2.83. The highest BCUT2D eigenvalue weighted by Crippen LogP contribution is 2.32. The third kappa shape index (κ3) is 1.64. The van der Waals surface area contributed by atoms with Gasteiger partial charge >= 0.3 is 0 Å². The summed E-state index contributed by atoms with van der Waals surface area (Å²) in [5.41, 5.74) is 0.923. The van der Waals surface area contributed by atoms with E-state index in [9.17, 15) is 10.2 Å². The molecule has 18 heavy (non-hydrogen) atoms. The molecule has 3 rings (SSSR count). The smallest absolute Gasteiger partial charge is 0.163 e. The molecule has 1 aromatic heterocycles. The molecule has 0 saturated carbocycles. The van der Waals surface area contributed by atoms with E-state index in [0.717, 1.165) is 10.9 Å². The van der Waals surface area contributed by atoms with Crippen LogP contribution in [0.3, 0.4) is 0 Å². The molecule has 1 aliphatic rings. The lowest BCUT2D eigenvalue weighted by atomic mass is 10.1. The van der Waals surface area contributed by atoms with E-state index >= 15 is 0 Å². The van der Waals surface area contributed by atoms with Crippen molar-refractivity contribution >= 4 is 10.9 Å². The van der Waals surface area contributed by atoms with Gasteiger partial charge in [0.1, 0.15) is 18.3 Å². The highest BCUT2D eigenvalue weighted by molar-refractivity contribution is 5.80. The SMILES string of the molecule is OC[C@H]1O[C@@H](n2ccc3ccccc32)[C@@H](O)C1O. The molecule has 0 radical (unpaired) electrons. The quantitative estimate of drug-likeness (QED) is 0.713. The molecule has 5 heteroatoms. The number of rotatable bonds is 2. The summed E-state index contributed by atoms with van der Waals surface area (Å²) < 4.78 is 7.28. The molecule has 1 saturated heterocycles. The van der Waals surface area contributed by atoms with Crippen molar-refractivity contribution in [2.45, 2.75) is 24.5 Å². The number of ether oxygens (including phenoxy) is 1. The van der Waals surface area contributed by atoms with Crippen molar-refractivity contribution in [1.29, 1.82) is 0 Å². The van der Waals surface area contributed by atoms with Gasteiger partial charge in [0.2, 0.25) is 0 Å². The van der Waals surface area contributed by atoms with Gasteiger partial charge in [-0.05, 0) is 17.5 Å². The van der Waals surface area contributed by atoms with Crippen LogP contribution >= 0.6 is 0 Å². The van der Waals surface area contributed by atoms with Crippen LogP contribution in [-0.4, -0.2) is 44.8 Å². The minimum absolute atomic E-state index is 0.312. The summed E-state index contributed by atoms with van der Waals surface area (Å²) in [5, 5.41) is 29.8. The fraction of sp³-hybridized carbons (Fsp3) is 0.385. The Morgan fingerprint density at radius 3 is 2.61 bits per heavy atom. The zero-order valence-corrected chi connectivity index (χ0v) is 9.68. The van der Waals surface area contributed by atoms with Gasteiger partial charge < -0.3 is 24.6 Å². The number of aromatic nitrogens is 1. The summed E-state index contributed by atoms with van der Waals surface area (Å²) >= 11 is 0. The molecule has 1 aliphatic heterocycles. The van der Waals surface area contributed by atoms with Crippen LogP contribution in [0.25, 0.3) is 10.9 Å². The first kappa shape index (κ1) is 11.7. The van der Waals surface area contributed by atoms with Crippen molar-refractivity contribution in [3.8, 4) is 0 Å². The Labute approximate surface area is 104 Å². The summed E-state index contributed by atoms with van der Waals surface area (Å²) in [4.78, 5) is 0. The number of aliphatic hydroxyl groups is 3. The Morgan fingerprint density at radius 1 is 1.11 bits per heavy atom. The van der Waals surface area contributed by atoms with Gasteiger partial charge in [0.05, 0.1) is 12.1 Å². The molecule has 2 heterocycles. The summed E-state index contributed by atoms with van der Waals surface area (Å²) in [6, 6.07) is 9.64. The van der Waals surface area contributed by atoms with E-state index in [1.807, 2.05) is 36.5 Å². The molecule has 3 N–H and O–H groups in total. The average Bonchev–Trinajstić information content (AvgIpc) is 2.93. The average molecular weight is 249 g/mol. The van der Waals surface area contributed by atoms with Crippen LogP contribution in [0.4, 0.5) is 0 Å². The largest absolute Gasteiger partial charge is 0.394 e. The first-order valence-corrected chi connectivity index (χ1v) is 5.90. The molecule has 0 amide bonds. The zero-order chi connectivity index (χ0) is 12.7. The van der Waals surface area contributed by atoms with Gasteiger partial charge in [0.15, 0.2) is 6.23 Å². The molecular formula is C13H15NO4. The second kappa shape index (κ2) is 4.37. The Bertz CT molecular complexity index is 553. The van der Waals surface area contributed by atoms with Crippen LogP contribution < -0.4 is 0 Å². The molecule has 1 unspecified atom stereocenters. The van der Waals surface area contributed by atoms with E-state index in [2.05, 4.69) is 0 Å². The molecular weight excluding hydrogens is 234 g/mol. The molecule has 2 aromatic rings. The highest BCUT2D eigenvalue weighted by Gasteiger charge is 2.43. The van der Waals surface area contributed by atoms with E-state index in [1.165, 1.54) is 0 Å². The van der Waals surface area contributed by atoms with Crippen molar-refractivity contribution in [1.82, 2.24) is 4.57 Å². The molecule has 1 aromatic carbocycles. The normalized spacial score (nSPS) is 32.2. The maximum Gasteiger partial charge on any atom is 0.163 e. The van der Waals surface area contributed by atoms with E-state index in [-0.39, 0.29) is 6.61 Å². The number of para-hydroxylation sites is 1. The van der Waals surface area contributed by atoms with Crippen LogP contribution in [0.5, 0.6) is 0 Å². The van der Waals surface area contributed by atoms with Crippen LogP contribution in [0.1, 0.15) is 6.23 Å². The molecule has 96 valence electrons. The number of nitrogens with zero attached hydrogens (tertiary/aromatic N) is 1. The molecule has 5 nitrogen and oxygen atoms in total. The molecule has 0 aliphatic carbocycles. The van der Waals surface area contributed by atoms with Crippen molar-refractivity contribution in [2.24, 2.45) is 0 Å². The standard InChI is InChI=1S/C13H15NO4/c15-7-10-11(16)12(17)13(18-10)14-6-5-8-3-1-2-4-9(8)14/h1-6,10-13,15-17H,7H2/t10-,11?,12+,13-/m1/s1. The fourth-order valence-electron chi connectivity index (χ4n) is 2.44. The first-order chi connectivity index (χ1) is 8.72. The predicted octanol–water partition coefficient (Wildman–Crippen LogP) is 0.253. The summed E-state index contributed by atoms with van der Waals surface area (Å²) in [7, 11) is 0. The van der Waals surface area contributed by atoms with E-state index in [4.69, 9.17) is 9.84 Å². The Morgan fingerprint density at radius 2 is 1.89 bits per heavy atom. The Hall–Kier alpha value is -1.40.